The van der Waals surface area contributed by atoms with Gasteiger partial charge < -0.3 is 16.0 Å². The summed E-state index contributed by atoms with van der Waals surface area (Å²) in [5.41, 5.74) is 7.03. The normalized spacial score (nSPS) is 17.8. The summed E-state index contributed by atoms with van der Waals surface area (Å²) < 4.78 is 26.3. The van der Waals surface area contributed by atoms with Crippen LogP contribution in [0.3, 0.4) is 0 Å². The molecule has 0 saturated carbocycles. The van der Waals surface area contributed by atoms with E-state index in [0.29, 0.717) is 11.3 Å². The molecule has 5 nitrogen and oxygen atoms in total. The third-order valence-electron chi connectivity index (χ3n) is 4.57. The van der Waals surface area contributed by atoms with E-state index >= 15 is 0 Å². The summed E-state index contributed by atoms with van der Waals surface area (Å²) in [5, 5.41) is 2.45. The first-order valence-electron chi connectivity index (χ1n) is 8.23. The zero-order valence-corrected chi connectivity index (χ0v) is 14.2. The van der Waals surface area contributed by atoms with Crippen LogP contribution in [0.1, 0.15) is 36.1 Å². The van der Waals surface area contributed by atoms with E-state index in [9.17, 15) is 18.4 Å². The van der Waals surface area contributed by atoms with Crippen LogP contribution in [-0.4, -0.2) is 18.0 Å². The Morgan fingerprint density at radius 2 is 1.88 bits per heavy atom. The molecule has 0 saturated heterocycles. The fourth-order valence-corrected chi connectivity index (χ4v) is 3.27. The molecule has 0 fully saturated rings. The molecule has 0 unspecified atom stereocenters. The largest absolute Gasteiger partial charge is 0.352 e. The van der Waals surface area contributed by atoms with Crippen molar-refractivity contribution < 1.29 is 18.4 Å². The molecule has 136 valence electrons. The number of carbonyl (C=O) groups excluding carboxylic acids is 2. The van der Waals surface area contributed by atoms with Crippen molar-refractivity contribution in [1.82, 2.24) is 5.32 Å². The number of halogens is 2. The number of alkyl halides is 2. The fourth-order valence-electron chi connectivity index (χ4n) is 3.27. The van der Waals surface area contributed by atoms with Gasteiger partial charge in [0.2, 0.25) is 0 Å². The minimum atomic E-state index is -2.63. The highest BCUT2D eigenvalue weighted by atomic mass is 19.3. The average Bonchev–Trinajstić information content (AvgIpc) is 2.62. The highest BCUT2D eigenvalue weighted by Crippen LogP contribution is 2.37. The number of amides is 3. The van der Waals surface area contributed by atoms with E-state index in [-0.39, 0.29) is 17.9 Å². The highest BCUT2D eigenvalue weighted by molar-refractivity contribution is 6.02. The zero-order valence-electron chi connectivity index (χ0n) is 14.2. The molecule has 0 bridgehead atoms. The summed E-state index contributed by atoms with van der Waals surface area (Å²) in [7, 11) is 0. The fraction of sp³-hybridized carbons (Fsp3) is 0.263. The monoisotopic (exact) mass is 359 g/mol. The average molecular weight is 359 g/mol. The molecular weight excluding hydrogens is 340 g/mol. The van der Waals surface area contributed by atoms with Crippen LogP contribution in [0.25, 0.3) is 0 Å². The Morgan fingerprint density at radius 1 is 1.19 bits per heavy atom. The Labute approximate surface area is 149 Å². The van der Waals surface area contributed by atoms with Crippen LogP contribution < -0.4 is 16.0 Å². The Bertz CT molecular complexity index is 827. The van der Waals surface area contributed by atoms with Gasteiger partial charge in [-0.1, -0.05) is 42.5 Å². The van der Waals surface area contributed by atoms with Crippen LogP contribution in [0.5, 0.6) is 0 Å². The molecule has 2 aromatic rings. The molecule has 3 amide bonds. The number of fused-ring (bicyclic) bond motifs is 1. The first-order valence-corrected chi connectivity index (χ1v) is 8.23. The maximum Gasteiger partial charge on any atom is 0.312 e. The first kappa shape index (κ1) is 17.8. The summed E-state index contributed by atoms with van der Waals surface area (Å²) in [6.45, 7) is 1.82. The molecule has 0 aliphatic carbocycles. The number of nitrogens with two attached hydrogens (primary N) is 1. The minimum Gasteiger partial charge on any atom is -0.352 e. The predicted octanol–water partition coefficient (Wildman–Crippen LogP) is 3.31. The number of anilines is 1. The van der Waals surface area contributed by atoms with Crippen molar-refractivity contribution >= 4 is 17.6 Å². The Hall–Kier alpha value is -2.96. The molecule has 3 N–H and O–H groups in total. The van der Waals surface area contributed by atoms with Gasteiger partial charge in [-0.25, -0.2) is 13.6 Å². The Kier molecular flexibility index (Phi) is 4.88. The lowest BCUT2D eigenvalue weighted by Gasteiger charge is -2.38. The molecule has 7 heteroatoms. The summed E-state index contributed by atoms with van der Waals surface area (Å²) in [6, 6.07) is 11.5. The standard InChI is InChI=1S/C19H19F2N3O2/c1-11(12-5-3-2-4-6-12)24-16-10-14(17(20)21)8-7-13(16)9-15(18(24)25)23-19(22)26/h2-8,10-11,15,17H,9H2,1H3,(H3,22,23,26)/t11-,15+/m0/s1. The van der Waals surface area contributed by atoms with Gasteiger partial charge in [-0.3, -0.25) is 4.79 Å². The number of benzene rings is 2. The number of nitrogens with one attached hydrogen (secondary N) is 1. The molecule has 3 rings (SSSR count). The number of rotatable bonds is 4. The van der Waals surface area contributed by atoms with Crippen molar-refractivity contribution in [3.05, 3.63) is 65.2 Å². The van der Waals surface area contributed by atoms with Gasteiger partial charge in [0, 0.05) is 17.7 Å². The van der Waals surface area contributed by atoms with Crippen LogP contribution in [-0.2, 0) is 11.2 Å². The number of hydrogen-bond donors (Lipinski definition) is 2. The van der Waals surface area contributed by atoms with Crippen LogP contribution in [0, 0.1) is 0 Å². The van der Waals surface area contributed by atoms with Gasteiger partial charge in [-0.2, -0.15) is 0 Å². The topological polar surface area (TPSA) is 75.4 Å². The summed E-state index contributed by atoms with van der Waals surface area (Å²) in [6.07, 6.45) is -2.43. The lowest BCUT2D eigenvalue weighted by Crippen LogP contribution is -2.54. The number of primary amides is 1. The van der Waals surface area contributed by atoms with E-state index in [4.69, 9.17) is 5.73 Å². The van der Waals surface area contributed by atoms with E-state index in [1.54, 1.807) is 6.07 Å². The van der Waals surface area contributed by atoms with Crippen molar-refractivity contribution in [2.45, 2.75) is 31.9 Å². The molecular formula is C19H19F2N3O2. The SMILES string of the molecule is C[C@@H](c1ccccc1)N1C(=O)[C@H](NC(N)=O)Cc2ccc(C(F)F)cc21. The van der Waals surface area contributed by atoms with E-state index < -0.39 is 24.5 Å². The quantitative estimate of drug-likeness (QED) is 0.879. The maximum atomic E-state index is 13.2. The van der Waals surface area contributed by atoms with Crippen LogP contribution in [0.2, 0.25) is 0 Å². The van der Waals surface area contributed by atoms with Gasteiger partial charge in [0.05, 0.1) is 6.04 Å². The van der Waals surface area contributed by atoms with Gasteiger partial charge >= 0.3 is 6.03 Å². The summed E-state index contributed by atoms with van der Waals surface area (Å²) in [5.74, 6) is -0.376. The van der Waals surface area contributed by atoms with Crippen LogP contribution >= 0.6 is 0 Å². The molecule has 26 heavy (non-hydrogen) atoms. The van der Waals surface area contributed by atoms with Gasteiger partial charge in [0.25, 0.3) is 12.3 Å². The molecule has 0 spiro atoms. The summed E-state index contributed by atoms with van der Waals surface area (Å²) >= 11 is 0. The smallest absolute Gasteiger partial charge is 0.312 e. The number of urea groups is 1. The second-order valence-corrected chi connectivity index (χ2v) is 6.25. The van der Waals surface area contributed by atoms with Crippen molar-refractivity contribution in [2.24, 2.45) is 5.73 Å². The number of nitrogens with zero attached hydrogens (tertiary/aromatic N) is 1. The second kappa shape index (κ2) is 7.11. The third kappa shape index (κ3) is 3.37. The van der Waals surface area contributed by atoms with E-state index in [2.05, 4.69) is 5.32 Å². The van der Waals surface area contributed by atoms with Crippen LogP contribution in [0.15, 0.2) is 48.5 Å². The van der Waals surface area contributed by atoms with Crippen molar-refractivity contribution in [3.63, 3.8) is 0 Å². The van der Waals surface area contributed by atoms with Crippen molar-refractivity contribution in [2.75, 3.05) is 4.90 Å². The van der Waals surface area contributed by atoms with Gasteiger partial charge in [0.15, 0.2) is 0 Å². The highest BCUT2D eigenvalue weighted by Gasteiger charge is 2.37. The van der Waals surface area contributed by atoms with E-state index in [1.807, 2.05) is 37.3 Å². The molecule has 1 heterocycles. The van der Waals surface area contributed by atoms with Gasteiger partial charge in [-0.15, -0.1) is 0 Å². The van der Waals surface area contributed by atoms with E-state index in [1.165, 1.54) is 17.0 Å². The van der Waals surface area contributed by atoms with Crippen molar-refractivity contribution in [1.29, 1.82) is 0 Å². The second-order valence-electron chi connectivity index (χ2n) is 6.25. The third-order valence-corrected chi connectivity index (χ3v) is 4.57. The Morgan fingerprint density at radius 3 is 2.50 bits per heavy atom. The Balaban J connectivity index is 2.08. The maximum absolute atomic E-state index is 13.2. The lowest BCUT2D eigenvalue weighted by molar-refractivity contribution is -0.121. The predicted molar refractivity (Wildman–Crippen MR) is 94.0 cm³/mol. The van der Waals surface area contributed by atoms with E-state index in [0.717, 1.165) is 5.56 Å². The molecule has 2 aromatic carbocycles. The molecule has 1 aliphatic heterocycles. The molecule has 1 aliphatic rings. The molecule has 0 aromatic heterocycles. The lowest BCUT2D eigenvalue weighted by atomic mass is 9.93. The zero-order chi connectivity index (χ0) is 18.8. The number of carbonyl (C=O) groups is 2. The van der Waals surface area contributed by atoms with Crippen molar-refractivity contribution in [3.8, 4) is 0 Å². The van der Waals surface area contributed by atoms with Gasteiger partial charge in [-0.05, 0) is 24.1 Å². The molecule has 2 atom stereocenters. The van der Waals surface area contributed by atoms with Gasteiger partial charge in [0.1, 0.15) is 6.04 Å². The first-order chi connectivity index (χ1) is 12.4. The van der Waals surface area contributed by atoms with Crippen LogP contribution in [0.4, 0.5) is 19.3 Å². The summed E-state index contributed by atoms with van der Waals surface area (Å²) in [4.78, 5) is 25.7. The number of hydrogen-bond acceptors (Lipinski definition) is 2. The molecule has 0 radical (unpaired) electrons. The minimum absolute atomic E-state index is 0.150.